The summed E-state index contributed by atoms with van der Waals surface area (Å²) >= 11 is 0. The number of carbonyl (C=O) groups is 1. The van der Waals surface area contributed by atoms with Gasteiger partial charge in [0.05, 0.1) is 11.6 Å². The highest BCUT2D eigenvalue weighted by molar-refractivity contribution is 6.14. The second-order valence-electron chi connectivity index (χ2n) is 10.0. The number of aromatic nitrogens is 2. The van der Waals surface area contributed by atoms with Gasteiger partial charge in [-0.3, -0.25) is 4.98 Å². The zero-order chi connectivity index (χ0) is 23.3. The molecule has 0 saturated carbocycles. The molecule has 33 heavy (non-hydrogen) atoms. The van der Waals surface area contributed by atoms with Gasteiger partial charge in [0.1, 0.15) is 18.0 Å². The van der Waals surface area contributed by atoms with E-state index in [9.17, 15) is 4.79 Å². The molecule has 0 spiro atoms. The number of ether oxygens (including phenoxy) is 2. The van der Waals surface area contributed by atoms with Crippen molar-refractivity contribution in [1.29, 1.82) is 0 Å². The van der Waals surface area contributed by atoms with Crippen LogP contribution in [-0.4, -0.2) is 45.3 Å². The van der Waals surface area contributed by atoms with Crippen molar-refractivity contribution in [3.05, 3.63) is 48.3 Å². The molecule has 1 saturated heterocycles. The minimum atomic E-state index is -0.498. The first-order chi connectivity index (χ1) is 15.7. The van der Waals surface area contributed by atoms with Crippen molar-refractivity contribution < 1.29 is 14.3 Å². The fraction of sp³-hybridized carbons (Fsp3) is 0.407. The van der Waals surface area contributed by atoms with Crippen LogP contribution in [0.2, 0.25) is 0 Å². The van der Waals surface area contributed by atoms with Gasteiger partial charge in [0.15, 0.2) is 0 Å². The van der Waals surface area contributed by atoms with Crippen LogP contribution in [0.15, 0.2) is 42.7 Å². The molecular weight excluding hydrogens is 414 g/mol. The molecule has 4 aromatic rings. The van der Waals surface area contributed by atoms with E-state index in [0.717, 1.165) is 29.4 Å². The first-order valence-electron chi connectivity index (χ1n) is 11.6. The highest BCUT2D eigenvalue weighted by Gasteiger charge is 2.32. The molecule has 6 heteroatoms. The first-order valence-corrected chi connectivity index (χ1v) is 11.6. The average molecular weight is 446 g/mol. The molecule has 0 aliphatic carbocycles. The lowest BCUT2D eigenvalue weighted by atomic mass is 10.0. The van der Waals surface area contributed by atoms with Gasteiger partial charge in [-0.25, -0.2) is 4.79 Å². The Morgan fingerprint density at radius 2 is 1.97 bits per heavy atom. The van der Waals surface area contributed by atoms with E-state index in [0.29, 0.717) is 13.2 Å². The van der Waals surface area contributed by atoms with Gasteiger partial charge >= 0.3 is 6.09 Å². The number of aryl methyl sites for hydroxylation is 2. The summed E-state index contributed by atoms with van der Waals surface area (Å²) in [5.74, 6) is 0.815. The molecule has 3 heterocycles. The first kappa shape index (κ1) is 21.6. The third-order valence-corrected chi connectivity index (χ3v) is 6.57. The lowest BCUT2D eigenvalue weighted by molar-refractivity contribution is 0.0187. The molecule has 5 rings (SSSR count). The van der Waals surface area contributed by atoms with Crippen molar-refractivity contribution in [2.45, 2.75) is 52.2 Å². The van der Waals surface area contributed by atoms with Crippen LogP contribution in [0, 0.1) is 6.92 Å². The summed E-state index contributed by atoms with van der Waals surface area (Å²) in [6.45, 7) is 9.03. The van der Waals surface area contributed by atoms with Crippen LogP contribution in [0.1, 0.15) is 39.2 Å². The molecule has 2 aromatic carbocycles. The Morgan fingerprint density at radius 1 is 1.15 bits per heavy atom. The number of nitrogens with zero attached hydrogens (tertiary/aromatic N) is 3. The van der Waals surface area contributed by atoms with Crippen molar-refractivity contribution in [2.75, 3.05) is 13.2 Å². The Bertz CT molecular complexity index is 1370. The van der Waals surface area contributed by atoms with Gasteiger partial charge in [-0.05, 0) is 81.8 Å². The van der Waals surface area contributed by atoms with E-state index < -0.39 is 5.60 Å². The van der Waals surface area contributed by atoms with E-state index in [4.69, 9.17) is 9.47 Å². The van der Waals surface area contributed by atoms with Crippen LogP contribution in [0.5, 0.6) is 5.75 Å². The largest absolute Gasteiger partial charge is 0.491 e. The molecule has 1 atom stereocenters. The molecule has 1 aliphatic heterocycles. The zero-order valence-electron chi connectivity index (χ0n) is 20.0. The maximum atomic E-state index is 12.6. The SMILES string of the molecule is Cc1c2ccncc2cc2c3cc(OC[C@@H]4CCCN4C(=O)OC(C)(C)C)ccc3n(C)c12. The van der Waals surface area contributed by atoms with Gasteiger partial charge < -0.3 is 18.9 Å². The van der Waals surface area contributed by atoms with Gasteiger partial charge in [-0.1, -0.05) is 0 Å². The summed E-state index contributed by atoms with van der Waals surface area (Å²) in [5, 5.41) is 4.73. The maximum absolute atomic E-state index is 12.6. The van der Waals surface area contributed by atoms with Gasteiger partial charge in [0.2, 0.25) is 0 Å². The van der Waals surface area contributed by atoms with Crippen LogP contribution in [-0.2, 0) is 11.8 Å². The van der Waals surface area contributed by atoms with Crippen LogP contribution in [0.4, 0.5) is 4.79 Å². The Labute approximate surface area is 194 Å². The van der Waals surface area contributed by atoms with Gasteiger partial charge in [-0.2, -0.15) is 0 Å². The van der Waals surface area contributed by atoms with Crippen molar-refractivity contribution in [3.8, 4) is 5.75 Å². The Hall–Kier alpha value is -3.28. The van der Waals surface area contributed by atoms with Crippen molar-refractivity contribution in [1.82, 2.24) is 14.5 Å². The predicted octanol–water partition coefficient (Wildman–Crippen LogP) is 5.97. The van der Waals surface area contributed by atoms with Gasteiger partial charge in [0.25, 0.3) is 0 Å². The topological polar surface area (TPSA) is 56.6 Å². The predicted molar refractivity (Wildman–Crippen MR) is 132 cm³/mol. The van der Waals surface area contributed by atoms with Crippen LogP contribution >= 0.6 is 0 Å². The van der Waals surface area contributed by atoms with Crippen molar-refractivity contribution >= 4 is 38.7 Å². The highest BCUT2D eigenvalue weighted by Crippen LogP contribution is 2.36. The molecule has 1 amide bonds. The number of carbonyl (C=O) groups excluding carboxylic acids is 1. The zero-order valence-corrected chi connectivity index (χ0v) is 20.0. The summed E-state index contributed by atoms with van der Waals surface area (Å²) in [7, 11) is 2.11. The molecular formula is C27H31N3O3. The number of amides is 1. The monoisotopic (exact) mass is 445 g/mol. The Kier molecular flexibility index (Phi) is 5.19. The second kappa shape index (κ2) is 7.94. The van der Waals surface area contributed by atoms with Gasteiger partial charge in [-0.15, -0.1) is 0 Å². The molecule has 2 aromatic heterocycles. The van der Waals surface area contributed by atoms with E-state index in [1.807, 2.05) is 44.1 Å². The summed E-state index contributed by atoms with van der Waals surface area (Å²) in [6, 6.07) is 10.6. The number of pyridine rings is 1. The van der Waals surface area contributed by atoms with E-state index in [1.165, 1.54) is 27.4 Å². The summed E-state index contributed by atoms with van der Waals surface area (Å²) in [4.78, 5) is 18.7. The van der Waals surface area contributed by atoms with E-state index in [2.05, 4.69) is 47.8 Å². The van der Waals surface area contributed by atoms with Crippen LogP contribution in [0.25, 0.3) is 32.6 Å². The molecule has 0 N–H and O–H groups in total. The Balaban J connectivity index is 1.44. The summed E-state index contributed by atoms with van der Waals surface area (Å²) < 4.78 is 14.1. The smallest absolute Gasteiger partial charge is 0.410 e. The van der Waals surface area contributed by atoms with E-state index in [1.54, 1.807) is 0 Å². The fourth-order valence-corrected chi connectivity index (χ4v) is 5.05. The lowest BCUT2D eigenvalue weighted by Gasteiger charge is -2.28. The minimum absolute atomic E-state index is 0.0281. The van der Waals surface area contributed by atoms with Crippen molar-refractivity contribution in [2.24, 2.45) is 7.05 Å². The third-order valence-electron chi connectivity index (χ3n) is 6.57. The van der Waals surface area contributed by atoms with Crippen LogP contribution in [0.3, 0.4) is 0 Å². The van der Waals surface area contributed by atoms with Gasteiger partial charge in [0, 0.05) is 47.7 Å². The molecule has 0 bridgehead atoms. The fourth-order valence-electron chi connectivity index (χ4n) is 5.05. The molecule has 172 valence electrons. The summed E-state index contributed by atoms with van der Waals surface area (Å²) in [6.07, 6.45) is 5.41. The number of benzene rings is 2. The Morgan fingerprint density at radius 3 is 2.76 bits per heavy atom. The number of hydrogen-bond donors (Lipinski definition) is 0. The number of fused-ring (bicyclic) bond motifs is 4. The van der Waals surface area contributed by atoms with Crippen LogP contribution < -0.4 is 4.74 Å². The molecule has 1 fully saturated rings. The maximum Gasteiger partial charge on any atom is 0.410 e. The normalized spacial score (nSPS) is 16.8. The third kappa shape index (κ3) is 3.88. The number of likely N-dealkylation sites (tertiary alicyclic amines) is 1. The molecule has 6 nitrogen and oxygen atoms in total. The number of hydrogen-bond acceptors (Lipinski definition) is 4. The molecule has 1 aliphatic rings. The molecule has 0 unspecified atom stereocenters. The summed E-state index contributed by atoms with van der Waals surface area (Å²) in [5.41, 5.74) is 3.15. The standard InChI is InChI=1S/C27H31N3O3/c1-17-21-10-11-28-15-18(21)13-23-22-14-20(8-9-24(22)29(5)25(17)23)32-16-19-7-6-12-30(19)26(31)33-27(2,3)4/h8-11,13-15,19H,6-7,12,16H2,1-5H3/t19-/m0/s1. The van der Waals surface area contributed by atoms with Crippen molar-refractivity contribution in [3.63, 3.8) is 0 Å². The minimum Gasteiger partial charge on any atom is -0.491 e. The average Bonchev–Trinajstić information content (AvgIpc) is 3.34. The quantitative estimate of drug-likeness (QED) is 0.390. The lowest BCUT2D eigenvalue weighted by Crippen LogP contribution is -2.42. The second-order valence-corrected chi connectivity index (χ2v) is 10.0. The van der Waals surface area contributed by atoms with E-state index >= 15 is 0 Å². The highest BCUT2D eigenvalue weighted by atomic mass is 16.6. The molecule has 0 radical (unpaired) electrons. The number of rotatable bonds is 3. The van der Waals surface area contributed by atoms with E-state index in [-0.39, 0.29) is 12.1 Å².